The molecule has 4 heterocycles. The van der Waals surface area contributed by atoms with E-state index >= 15 is 0 Å². The summed E-state index contributed by atoms with van der Waals surface area (Å²) in [6.45, 7) is 13.6. The number of nitriles is 1. The summed E-state index contributed by atoms with van der Waals surface area (Å²) >= 11 is 0. The Kier molecular flexibility index (Phi) is 11.0. The van der Waals surface area contributed by atoms with E-state index < -0.39 is 5.60 Å². The minimum absolute atomic E-state index is 0.0299. The van der Waals surface area contributed by atoms with Crippen molar-refractivity contribution in [2.45, 2.75) is 89.9 Å². The third-order valence-electron chi connectivity index (χ3n) is 9.98. The topological polar surface area (TPSA) is 176 Å². The van der Waals surface area contributed by atoms with E-state index in [-0.39, 0.29) is 41.4 Å². The van der Waals surface area contributed by atoms with Crippen LogP contribution < -0.4 is 21.3 Å². The molecule has 14 nitrogen and oxygen atoms in total. The number of hydrogen-bond donors (Lipinski definition) is 4. The second-order valence-electron chi connectivity index (χ2n) is 15.7. The van der Waals surface area contributed by atoms with Gasteiger partial charge in [-0.2, -0.15) is 5.26 Å². The van der Waals surface area contributed by atoms with E-state index in [1.54, 1.807) is 12.3 Å². The van der Waals surface area contributed by atoms with Gasteiger partial charge in [0.25, 0.3) is 5.91 Å². The molecule has 2 atom stereocenters. The Morgan fingerprint density at radius 3 is 2.62 bits per heavy atom. The fraction of sp³-hybridized carbons (Fsp3) is 0.579. The number of carbonyl (C=O) groups excluding carboxylic acids is 3. The summed E-state index contributed by atoms with van der Waals surface area (Å²) in [7, 11) is 0. The molecular formula is C38H51N9O5. The summed E-state index contributed by atoms with van der Waals surface area (Å²) in [5.41, 5.74) is 1.59. The van der Waals surface area contributed by atoms with Gasteiger partial charge < -0.3 is 30.7 Å². The van der Waals surface area contributed by atoms with Crippen molar-refractivity contribution < 1.29 is 23.9 Å². The van der Waals surface area contributed by atoms with Crippen LogP contribution in [-0.2, 0) is 14.3 Å². The molecule has 2 aliphatic carbocycles. The third kappa shape index (κ3) is 9.00. The predicted molar refractivity (Wildman–Crippen MR) is 196 cm³/mol. The fourth-order valence-electron chi connectivity index (χ4n) is 7.37. The highest BCUT2D eigenvalue weighted by molar-refractivity contribution is 6.00. The molecule has 52 heavy (non-hydrogen) atoms. The molecule has 0 bridgehead atoms. The quantitative estimate of drug-likeness (QED) is 0.189. The van der Waals surface area contributed by atoms with Gasteiger partial charge in [-0.15, -0.1) is 0 Å². The highest BCUT2D eigenvalue weighted by Crippen LogP contribution is 2.49. The average Bonchev–Trinajstić information content (AvgIpc) is 3.39. The van der Waals surface area contributed by atoms with Gasteiger partial charge >= 0.3 is 6.09 Å². The SMILES string of the molecule is CC(C)Nc1cc(-n2ccc3cc(C#N)cnc32)ncc1C(=O)NC1CCC(C(=O)NCCOCCN2C[C@@H]3C[C@]3(NC(=O)OC(C)(C)C)C2)CC1. The first-order valence-electron chi connectivity index (χ1n) is 18.4. The lowest BCUT2D eigenvalue weighted by Gasteiger charge is -2.28. The van der Waals surface area contributed by atoms with Gasteiger partial charge in [0.15, 0.2) is 0 Å². The number of pyridine rings is 2. The molecule has 2 saturated carbocycles. The zero-order valence-electron chi connectivity index (χ0n) is 30.8. The first kappa shape index (κ1) is 37.0. The number of aromatic nitrogens is 3. The molecule has 0 spiro atoms. The first-order valence-corrected chi connectivity index (χ1v) is 18.4. The highest BCUT2D eigenvalue weighted by atomic mass is 16.6. The Balaban J connectivity index is 0.903. The molecule has 1 saturated heterocycles. The molecule has 3 amide bonds. The normalized spacial score (nSPS) is 22.8. The number of carbonyl (C=O) groups is 3. The van der Waals surface area contributed by atoms with Crippen molar-refractivity contribution in [2.24, 2.45) is 11.8 Å². The van der Waals surface area contributed by atoms with Gasteiger partial charge in [0.05, 0.1) is 35.6 Å². The van der Waals surface area contributed by atoms with E-state index in [9.17, 15) is 19.6 Å². The fourth-order valence-corrected chi connectivity index (χ4v) is 7.37. The summed E-state index contributed by atoms with van der Waals surface area (Å²) in [5.74, 6) is 0.798. The maximum absolute atomic E-state index is 13.5. The van der Waals surface area contributed by atoms with Crippen LogP contribution in [-0.4, -0.2) is 100.0 Å². The maximum atomic E-state index is 13.5. The Morgan fingerprint density at radius 1 is 1.10 bits per heavy atom. The van der Waals surface area contributed by atoms with Crippen LogP contribution in [0.3, 0.4) is 0 Å². The molecule has 1 aliphatic heterocycles. The van der Waals surface area contributed by atoms with Crippen molar-refractivity contribution >= 4 is 34.6 Å². The molecule has 0 radical (unpaired) electrons. The van der Waals surface area contributed by atoms with Gasteiger partial charge in [0, 0.05) is 74.2 Å². The second kappa shape index (κ2) is 15.5. The van der Waals surface area contributed by atoms with Gasteiger partial charge in [-0.3, -0.25) is 19.1 Å². The van der Waals surface area contributed by atoms with Crippen molar-refractivity contribution in [1.82, 2.24) is 35.4 Å². The third-order valence-corrected chi connectivity index (χ3v) is 9.98. The molecule has 0 unspecified atom stereocenters. The lowest BCUT2D eigenvalue weighted by atomic mass is 9.85. The summed E-state index contributed by atoms with van der Waals surface area (Å²) in [6, 6.07) is 7.67. The average molecular weight is 714 g/mol. The van der Waals surface area contributed by atoms with Crippen molar-refractivity contribution in [3.8, 4) is 11.9 Å². The van der Waals surface area contributed by atoms with Gasteiger partial charge in [-0.05, 0) is 84.8 Å². The van der Waals surface area contributed by atoms with Crippen molar-refractivity contribution in [2.75, 3.05) is 44.7 Å². The van der Waals surface area contributed by atoms with Gasteiger partial charge in [0.2, 0.25) is 5.91 Å². The molecule has 278 valence electrons. The molecule has 6 rings (SSSR count). The van der Waals surface area contributed by atoms with Crippen LogP contribution in [0.5, 0.6) is 0 Å². The molecule has 3 aliphatic rings. The van der Waals surface area contributed by atoms with Crippen molar-refractivity contribution in [3.63, 3.8) is 0 Å². The van der Waals surface area contributed by atoms with E-state index in [0.29, 0.717) is 79.6 Å². The number of amides is 3. The number of fused-ring (bicyclic) bond motifs is 2. The van der Waals surface area contributed by atoms with Crippen molar-refractivity contribution in [3.05, 3.63) is 47.9 Å². The minimum Gasteiger partial charge on any atom is -0.444 e. The molecule has 14 heteroatoms. The molecule has 4 N–H and O–H groups in total. The largest absolute Gasteiger partial charge is 0.444 e. The number of nitrogens with one attached hydrogen (secondary N) is 4. The Labute approximate surface area is 305 Å². The Hall–Kier alpha value is -4.74. The highest BCUT2D eigenvalue weighted by Gasteiger charge is 2.61. The van der Waals surface area contributed by atoms with E-state index in [1.807, 2.05) is 57.5 Å². The number of anilines is 1. The molecule has 0 aromatic carbocycles. The first-order chi connectivity index (χ1) is 24.8. The van der Waals surface area contributed by atoms with Gasteiger partial charge in [-0.25, -0.2) is 14.8 Å². The number of ether oxygens (including phenoxy) is 2. The number of likely N-dealkylation sites (tertiary alicyclic amines) is 1. The Morgan fingerprint density at radius 2 is 1.88 bits per heavy atom. The summed E-state index contributed by atoms with van der Waals surface area (Å²) in [4.78, 5) is 50.0. The predicted octanol–water partition coefficient (Wildman–Crippen LogP) is 4.13. The van der Waals surface area contributed by atoms with Gasteiger partial charge in [-0.1, -0.05) is 0 Å². The number of rotatable bonds is 13. The Bertz CT molecular complexity index is 1820. The lowest BCUT2D eigenvalue weighted by Crippen LogP contribution is -2.45. The van der Waals surface area contributed by atoms with Crippen LogP contribution in [0.4, 0.5) is 10.5 Å². The maximum Gasteiger partial charge on any atom is 0.408 e. The van der Waals surface area contributed by atoms with Crippen LogP contribution in [0.1, 0.15) is 82.6 Å². The monoisotopic (exact) mass is 713 g/mol. The molecule has 3 aromatic rings. The van der Waals surface area contributed by atoms with E-state index in [1.165, 1.54) is 6.20 Å². The zero-order valence-corrected chi connectivity index (χ0v) is 30.8. The zero-order chi connectivity index (χ0) is 37.0. The standard InChI is InChI=1S/C38H51N9O5/c1-24(2)43-31-17-32(47-12-10-27-16-25(19-39)20-42-33(27)47)41-21-30(31)35(49)44-29-8-6-26(7-9-29)34(48)40-11-14-51-15-13-46-22-28-18-38(28,23-46)45-36(50)52-37(3,4)5/h10,12,16-17,20-21,24,26,28-29H,6-9,11,13-15,18,22-23H2,1-5H3,(H,40,48)(H,41,43)(H,44,49)(H,45,50)/t26?,28-,29?,38-/m0/s1. The van der Waals surface area contributed by atoms with Gasteiger partial charge in [0.1, 0.15) is 23.1 Å². The van der Waals surface area contributed by atoms with E-state index in [0.717, 1.165) is 31.4 Å². The smallest absolute Gasteiger partial charge is 0.408 e. The molecule has 3 fully saturated rings. The van der Waals surface area contributed by atoms with Crippen LogP contribution in [0.25, 0.3) is 16.9 Å². The summed E-state index contributed by atoms with van der Waals surface area (Å²) in [5, 5.41) is 22.7. The van der Waals surface area contributed by atoms with E-state index in [2.05, 4.69) is 42.2 Å². The number of alkyl carbamates (subject to hydrolysis) is 1. The number of nitrogens with zero attached hydrogens (tertiary/aromatic N) is 5. The van der Waals surface area contributed by atoms with Crippen LogP contribution >= 0.6 is 0 Å². The molecular weight excluding hydrogens is 662 g/mol. The van der Waals surface area contributed by atoms with Crippen molar-refractivity contribution in [1.29, 1.82) is 5.26 Å². The number of piperidine rings is 1. The van der Waals surface area contributed by atoms with Crippen LogP contribution in [0.15, 0.2) is 36.8 Å². The molecule has 3 aromatic heterocycles. The number of hydrogen-bond acceptors (Lipinski definition) is 10. The summed E-state index contributed by atoms with van der Waals surface area (Å²) < 4.78 is 13.1. The van der Waals surface area contributed by atoms with Crippen LogP contribution in [0, 0.1) is 23.2 Å². The summed E-state index contributed by atoms with van der Waals surface area (Å²) in [6.07, 6.45) is 8.43. The minimum atomic E-state index is -0.515. The second-order valence-corrected chi connectivity index (χ2v) is 15.7. The van der Waals surface area contributed by atoms with Crippen LogP contribution in [0.2, 0.25) is 0 Å². The van der Waals surface area contributed by atoms with E-state index in [4.69, 9.17) is 9.47 Å². The lowest BCUT2D eigenvalue weighted by molar-refractivity contribution is -0.126.